The molecule has 1 heterocycles. The van der Waals surface area contributed by atoms with Crippen LogP contribution in [0.3, 0.4) is 0 Å². The fourth-order valence-corrected chi connectivity index (χ4v) is 3.03. The Balaban J connectivity index is 2.06. The van der Waals surface area contributed by atoms with E-state index in [0.29, 0.717) is 41.1 Å². The molecular formula is C21H20N2O4. The summed E-state index contributed by atoms with van der Waals surface area (Å²) in [5, 5.41) is 14.9. The first-order chi connectivity index (χ1) is 13.0. The summed E-state index contributed by atoms with van der Waals surface area (Å²) in [7, 11) is 0. The van der Waals surface area contributed by atoms with Crippen LogP contribution >= 0.6 is 0 Å². The van der Waals surface area contributed by atoms with Gasteiger partial charge in [-0.3, -0.25) is 14.4 Å². The highest BCUT2D eigenvalue weighted by Crippen LogP contribution is 2.36. The number of carbonyl (C=O) groups excluding carboxylic acids is 2. The number of ketones is 1. The molecule has 27 heavy (non-hydrogen) atoms. The first kappa shape index (κ1) is 18.4. The summed E-state index contributed by atoms with van der Waals surface area (Å²) in [5.74, 6) is -1.19. The van der Waals surface area contributed by atoms with E-state index in [0.717, 1.165) is 5.56 Å². The van der Waals surface area contributed by atoms with E-state index in [1.54, 1.807) is 18.2 Å². The number of fused-ring (bicyclic) bond motifs is 1. The molecule has 3 rings (SSSR count). The third kappa shape index (κ3) is 4.06. The molecule has 0 saturated heterocycles. The van der Waals surface area contributed by atoms with Crippen LogP contribution in [0.15, 0.2) is 48.5 Å². The first-order valence-corrected chi connectivity index (χ1v) is 8.69. The largest absolute Gasteiger partial charge is 0.481 e. The molecule has 1 amide bonds. The van der Waals surface area contributed by atoms with Gasteiger partial charge in [0.1, 0.15) is 0 Å². The number of nitrogens with one attached hydrogen (secondary N) is 2. The molecule has 138 valence electrons. The summed E-state index contributed by atoms with van der Waals surface area (Å²) in [6.45, 7) is 1.90. The average molecular weight is 364 g/mol. The van der Waals surface area contributed by atoms with Gasteiger partial charge in [0.05, 0.1) is 11.3 Å². The number of carboxylic acids is 1. The van der Waals surface area contributed by atoms with Crippen molar-refractivity contribution in [3.05, 3.63) is 65.2 Å². The van der Waals surface area contributed by atoms with E-state index in [2.05, 4.69) is 10.6 Å². The molecule has 3 N–H and O–H groups in total. The molecule has 0 bridgehead atoms. The van der Waals surface area contributed by atoms with Gasteiger partial charge in [-0.1, -0.05) is 30.3 Å². The summed E-state index contributed by atoms with van der Waals surface area (Å²) in [4.78, 5) is 35.2. The van der Waals surface area contributed by atoms with Gasteiger partial charge in [0, 0.05) is 29.8 Å². The summed E-state index contributed by atoms with van der Waals surface area (Å²) in [6.07, 6.45) is 0.475. The molecule has 2 aromatic rings. The highest BCUT2D eigenvalue weighted by molar-refractivity contribution is 6.36. The van der Waals surface area contributed by atoms with Crippen molar-refractivity contribution >= 4 is 34.6 Å². The average Bonchev–Trinajstić information content (AvgIpc) is 2.97. The van der Waals surface area contributed by atoms with Crippen LogP contribution in [0.1, 0.15) is 41.3 Å². The van der Waals surface area contributed by atoms with Crippen molar-refractivity contribution in [3.63, 3.8) is 0 Å². The van der Waals surface area contributed by atoms with Crippen LogP contribution in [0.2, 0.25) is 0 Å². The number of hydrogen-bond donors (Lipinski definition) is 3. The molecule has 2 aromatic carbocycles. The summed E-state index contributed by atoms with van der Waals surface area (Å²) in [6, 6.07) is 14.5. The summed E-state index contributed by atoms with van der Waals surface area (Å²) in [5.41, 5.74) is 3.74. The second kappa shape index (κ2) is 7.86. The van der Waals surface area contributed by atoms with Crippen LogP contribution in [0.25, 0.3) is 11.3 Å². The topological polar surface area (TPSA) is 95.5 Å². The number of hydrogen-bond acceptors (Lipinski definition) is 4. The standard InChI is InChI=1S/C21H20N2O4/c1-13(24)15-9-10-17-16(12-15)19(21(27)23-17)20(14-6-3-2-4-7-14)22-11-5-8-18(25)26/h2-4,6-7,9-10,12,22H,5,8,11H2,1H3,(H,23,27)(H,25,26)/b20-19-. The Kier molecular flexibility index (Phi) is 5.35. The lowest BCUT2D eigenvalue weighted by Gasteiger charge is -2.14. The highest BCUT2D eigenvalue weighted by atomic mass is 16.4. The van der Waals surface area contributed by atoms with Crippen molar-refractivity contribution < 1.29 is 19.5 Å². The quantitative estimate of drug-likeness (QED) is 0.398. The molecule has 0 radical (unpaired) electrons. The Labute approximate surface area is 156 Å². The second-order valence-corrected chi connectivity index (χ2v) is 6.31. The minimum atomic E-state index is -0.860. The lowest BCUT2D eigenvalue weighted by molar-refractivity contribution is -0.137. The Morgan fingerprint density at radius 2 is 1.81 bits per heavy atom. The number of amides is 1. The van der Waals surface area contributed by atoms with E-state index in [9.17, 15) is 14.4 Å². The molecular weight excluding hydrogens is 344 g/mol. The Bertz CT molecular complexity index is 932. The van der Waals surface area contributed by atoms with Crippen LogP contribution in [0, 0.1) is 0 Å². The zero-order valence-corrected chi connectivity index (χ0v) is 14.9. The molecule has 6 nitrogen and oxygen atoms in total. The fraction of sp³-hybridized carbons (Fsp3) is 0.190. The van der Waals surface area contributed by atoms with Crippen molar-refractivity contribution in [1.29, 1.82) is 0 Å². The van der Waals surface area contributed by atoms with Gasteiger partial charge in [0.2, 0.25) is 0 Å². The molecule has 0 saturated carbocycles. The number of Topliss-reactive ketones (excluding diaryl/α,β-unsaturated/α-hetero) is 1. The second-order valence-electron chi connectivity index (χ2n) is 6.31. The van der Waals surface area contributed by atoms with E-state index in [4.69, 9.17) is 5.11 Å². The first-order valence-electron chi connectivity index (χ1n) is 8.69. The Morgan fingerprint density at radius 3 is 2.48 bits per heavy atom. The lowest BCUT2D eigenvalue weighted by atomic mass is 9.98. The molecule has 1 aliphatic rings. The maximum Gasteiger partial charge on any atom is 0.303 e. The molecule has 0 fully saturated rings. The maximum atomic E-state index is 12.7. The van der Waals surface area contributed by atoms with Crippen LogP contribution in [-0.4, -0.2) is 29.3 Å². The Morgan fingerprint density at radius 1 is 1.07 bits per heavy atom. The van der Waals surface area contributed by atoms with E-state index in [-0.39, 0.29) is 18.1 Å². The van der Waals surface area contributed by atoms with E-state index in [1.807, 2.05) is 30.3 Å². The fourth-order valence-electron chi connectivity index (χ4n) is 3.03. The molecule has 0 atom stereocenters. The number of rotatable bonds is 7. The number of carboxylic acid groups (broad SMARTS) is 1. The van der Waals surface area contributed by atoms with E-state index >= 15 is 0 Å². The monoisotopic (exact) mass is 364 g/mol. The minimum Gasteiger partial charge on any atom is -0.481 e. The normalized spacial score (nSPS) is 14.3. The Hall–Kier alpha value is -3.41. The van der Waals surface area contributed by atoms with Crippen LogP contribution in [0.4, 0.5) is 5.69 Å². The third-order valence-electron chi connectivity index (χ3n) is 4.35. The van der Waals surface area contributed by atoms with Gasteiger partial charge in [-0.25, -0.2) is 0 Å². The molecule has 6 heteroatoms. The highest BCUT2D eigenvalue weighted by Gasteiger charge is 2.28. The van der Waals surface area contributed by atoms with E-state index in [1.165, 1.54) is 6.92 Å². The van der Waals surface area contributed by atoms with Crippen LogP contribution < -0.4 is 10.6 Å². The number of carbonyl (C=O) groups is 3. The molecule has 0 aromatic heterocycles. The summed E-state index contributed by atoms with van der Waals surface area (Å²) >= 11 is 0. The molecule has 0 aliphatic carbocycles. The van der Waals surface area contributed by atoms with Gasteiger partial charge in [0.25, 0.3) is 5.91 Å². The van der Waals surface area contributed by atoms with Crippen molar-refractivity contribution in [1.82, 2.24) is 5.32 Å². The predicted molar refractivity (Wildman–Crippen MR) is 103 cm³/mol. The van der Waals surface area contributed by atoms with Crippen LogP contribution in [0.5, 0.6) is 0 Å². The van der Waals surface area contributed by atoms with Gasteiger partial charge in [-0.2, -0.15) is 0 Å². The SMILES string of the molecule is CC(=O)c1ccc2c(c1)/C(=C(/NCCCC(=O)O)c1ccccc1)C(=O)N2. The van der Waals surface area contributed by atoms with E-state index < -0.39 is 5.97 Å². The van der Waals surface area contributed by atoms with Crippen molar-refractivity contribution in [2.45, 2.75) is 19.8 Å². The zero-order valence-electron chi connectivity index (χ0n) is 14.9. The third-order valence-corrected chi connectivity index (χ3v) is 4.35. The van der Waals surface area contributed by atoms with Gasteiger partial charge < -0.3 is 15.7 Å². The van der Waals surface area contributed by atoms with Crippen molar-refractivity contribution in [3.8, 4) is 0 Å². The smallest absolute Gasteiger partial charge is 0.303 e. The zero-order chi connectivity index (χ0) is 19.4. The number of benzene rings is 2. The maximum absolute atomic E-state index is 12.7. The van der Waals surface area contributed by atoms with Gasteiger partial charge in [-0.05, 0) is 37.1 Å². The molecule has 0 spiro atoms. The summed E-state index contributed by atoms with van der Waals surface area (Å²) < 4.78 is 0. The van der Waals surface area contributed by atoms with Crippen molar-refractivity contribution in [2.75, 3.05) is 11.9 Å². The number of anilines is 1. The number of aliphatic carboxylic acids is 1. The van der Waals surface area contributed by atoms with Crippen molar-refractivity contribution in [2.24, 2.45) is 0 Å². The predicted octanol–water partition coefficient (Wildman–Crippen LogP) is 3.16. The van der Waals surface area contributed by atoms with Gasteiger partial charge in [-0.15, -0.1) is 0 Å². The minimum absolute atomic E-state index is 0.0433. The van der Waals surface area contributed by atoms with Crippen LogP contribution in [-0.2, 0) is 9.59 Å². The van der Waals surface area contributed by atoms with Gasteiger partial charge >= 0.3 is 5.97 Å². The molecule has 0 unspecified atom stereocenters. The van der Waals surface area contributed by atoms with Gasteiger partial charge in [0.15, 0.2) is 5.78 Å². The lowest BCUT2D eigenvalue weighted by Crippen LogP contribution is -2.19. The molecule has 1 aliphatic heterocycles.